The molecule has 0 N–H and O–H groups in total. The summed E-state index contributed by atoms with van der Waals surface area (Å²) in [6.45, 7) is 10.8. The molecule has 1 aliphatic rings. The van der Waals surface area contributed by atoms with E-state index in [2.05, 4.69) is 27.3 Å². The van der Waals surface area contributed by atoms with Crippen LogP contribution >= 0.6 is 0 Å². The predicted molar refractivity (Wildman–Crippen MR) is 73.8 cm³/mol. The molecule has 0 aromatic heterocycles. The normalized spacial score (nSPS) is 22.3. The first kappa shape index (κ1) is 16.1. The van der Waals surface area contributed by atoms with Crippen LogP contribution in [0, 0.1) is 5.41 Å². The average molecular weight is 276 g/mol. The summed E-state index contributed by atoms with van der Waals surface area (Å²) in [5.41, 5.74) is -0.0100. The molecule has 0 radical (unpaired) electrons. The zero-order valence-electron chi connectivity index (χ0n) is 12.7. The summed E-state index contributed by atoms with van der Waals surface area (Å²) in [5, 5.41) is -0.349. The van der Waals surface area contributed by atoms with Gasteiger partial charge in [-0.2, -0.15) is 0 Å². The maximum absolute atomic E-state index is 6.31. The van der Waals surface area contributed by atoms with Crippen LogP contribution in [0.3, 0.4) is 0 Å². The summed E-state index contributed by atoms with van der Waals surface area (Å²) >= 11 is 0. The van der Waals surface area contributed by atoms with E-state index in [1.54, 1.807) is 14.2 Å². The van der Waals surface area contributed by atoms with Gasteiger partial charge < -0.3 is 18.3 Å². The van der Waals surface area contributed by atoms with Gasteiger partial charge in [0.05, 0.1) is 13.2 Å². The third-order valence-electron chi connectivity index (χ3n) is 4.38. The van der Waals surface area contributed by atoms with E-state index >= 15 is 0 Å². The molecule has 0 aliphatic carbocycles. The molecule has 1 fully saturated rings. The topological polar surface area (TPSA) is 36.9 Å². The fourth-order valence-corrected chi connectivity index (χ4v) is 6.11. The Labute approximate surface area is 112 Å². The fourth-order valence-electron chi connectivity index (χ4n) is 3.03. The van der Waals surface area contributed by atoms with Crippen molar-refractivity contribution in [3.8, 4) is 0 Å². The monoisotopic (exact) mass is 276 g/mol. The van der Waals surface area contributed by atoms with Crippen molar-refractivity contribution < 1.29 is 18.3 Å². The first-order valence-electron chi connectivity index (χ1n) is 6.77. The van der Waals surface area contributed by atoms with Gasteiger partial charge in [0.25, 0.3) is 0 Å². The molecule has 1 rings (SSSR count). The highest BCUT2D eigenvalue weighted by Gasteiger charge is 2.66. The van der Waals surface area contributed by atoms with E-state index in [0.717, 1.165) is 32.7 Å². The molecule has 0 aromatic rings. The van der Waals surface area contributed by atoms with Crippen molar-refractivity contribution >= 4 is 8.56 Å². The molecule has 18 heavy (non-hydrogen) atoms. The summed E-state index contributed by atoms with van der Waals surface area (Å²) in [6, 6.07) is 0. The number of rotatable bonds is 8. The van der Waals surface area contributed by atoms with Crippen LogP contribution in [-0.4, -0.2) is 47.8 Å². The largest absolute Gasteiger partial charge is 0.396 e. The zero-order valence-corrected chi connectivity index (χ0v) is 13.7. The first-order valence-corrected chi connectivity index (χ1v) is 9.09. The summed E-state index contributed by atoms with van der Waals surface area (Å²) in [4.78, 5) is 0. The van der Waals surface area contributed by atoms with E-state index in [4.69, 9.17) is 18.3 Å². The Hall–Kier alpha value is 0.0569. The Morgan fingerprint density at radius 2 is 1.78 bits per heavy atom. The molecule has 0 aromatic carbocycles. The van der Waals surface area contributed by atoms with Gasteiger partial charge in [-0.15, -0.1) is 0 Å². The second kappa shape index (κ2) is 6.01. The molecule has 5 heteroatoms. The van der Waals surface area contributed by atoms with E-state index in [9.17, 15) is 0 Å². The van der Waals surface area contributed by atoms with Crippen LogP contribution < -0.4 is 0 Å². The highest BCUT2D eigenvalue weighted by atomic mass is 28.4. The minimum Gasteiger partial charge on any atom is -0.396 e. The first-order chi connectivity index (χ1) is 8.45. The van der Waals surface area contributed by atoms with E-state index in [1.807, 2.05) is 0 Å². The lowest BCUT2D eigenvalue weighted by Gasteiger charge is -2.57. The van der Waals surface area contributed by atoms with Crippen molar-refractivity contribution in [1.29, 1.82) is 0 Å². The Balaban J connectivity index is 3.12. The van der Waals surface area contributed by atoms with Crippen molar-refractivity contribution in [2.75, 3.05) is 34.0 Å². The fraction of sp³-hybridized carbons (Fsp3) is 1.00. The van der Waals surface area contributed by atoms with Crippen LogP contribution in [0.2, 0.25) is 6.55 Å². The molecule has 0 bridgehead atoms. The molecular formula is C13H28O4Si. The van der Waals surface area contributed by atoms with E-state index in [1.165, 1.54) is 0 Å². The lowest BCUT2D eigenvalue weighted by molar-refractivity contribution is -0.214. The van der Waals surface area contributed by atoms with Gasteiger partial charge in [0, 0.05) is 26.2 Å². The van der Waals surface area contributed by atoms with Crippen LogP contribution in [0.15, 0.2) is 0 Å². The Morgan fingerprint density at radius 1 is 1.22 bits per heavy atom. The smallest absolute Gasteiger partial charge is 0.368 e. The third-order valence-corrected chi connectivity index (χ3v) is 8.51. The second-order valence-electron chi connectivity index (χ2n) is 5.44. The Kier molecular flexibility index (Phi) is 5.38. The van der Waals surface area contributed by atoms with Crippen molar-refractivity contribution in [3.05, 3.63) is 0 Å². The van der Waals surface area contributed by atoms with Gasteiger partial charge in [0.2, 0.25) is 0 Å². The molecule has 1 aliphatic heterocycles. The molecule has 108 valence electrons. The second-order valence-corrected chi connectivity index (χ2v) is 8.95. The van der Waals surface area contributed by atoms with Crippen molar-refractivity contribution in [3.63, 3.8) is 0 Å². The lowest BCUT2D eigenvalue weighted by Crippen LogP contribution is -2.73. The lowest BCUT2D eigenvalue weighted by atomic mass is 9.80. The van der Waals surface area contributed by atoms with Crippen LogP contribution in [-0.2, 0) is 18.3 Å². The summed E-state index contributed by atoms with van der Waals surface area (Å²) < 4.78 is 23.4. The SMILES string of the molecule is CCCOC(CC)(C1(C)COC1)[Si](C)(OC)OC. The minimum atomic E-state index is -2.42. The Bertz CT molecular complexity index is 264. The van der Waals surface area contributed by atoms with E-state index < -0.39 is 8.56 Å². The predicted octanol–water partition coefficient (Wildman–Crippen LogP) is 2.50. The number of ether oxygens (including phenoxy) is 2. The summed E-state index contributed by atoms with van der Waals surface area (Å²) in [7, 11) is 1.05. The highest BCUT2D eigenvalue weighted by Crippen LogP contribution is 2.49. The molecule has 0 spiro atoms. The summed E-state index contributed by atoms with van der Waals surface area (Å²) in [5.74, 6) is 0. The molecule has 1 heterocycles. The quantitative estimate of drug-likeness (QED) is 0.638. The van der Waals surface area contributed by atoms with Gasteiger partial charge in [-0.25, -0.2) is 0 Å². The van der Waals surface area contributed by atoms with Gasteiger partial charge in [0.1, 0.15) is 5.22 Å². The van der Waals surface area contributed by atoms with Crippen molar-refractivity contribution in [2.24, 2.45) is 5.41 Å². The molecular weight excluding hydrogens is 248 g/mol. The molecule has 1 atom stereocenters. The molecule has 1 saturated heterocycles. The van der Waals surface area contributed by atoms with Crippen molar-refractivity contribution in [1.82, 2.24) is 0 Å². The Morgan fingerprint density at radius 3 is 2.06 bits per heavy atom. The molecule has 4 nitrogen and oxygen atoms in total. The number of hydrogen-bond acceptors (Lipinski definition) is 4. The van der Waals surface area contributed by atoms with Crippen molar-refractivity contribution in [2.45, 2.75) is 45.4 Å². The molecule has 0 amide bonds. The van der Waals surface area contributed by atoms with Gasteiger partial charge in [-0.1, -0.05) is 20.8 Å². The van der Waals surface area contributed by atoms with Gasteiger partial charge in [-0.3, -0.25) is 0 Å². The van der Waals surface area contributed by atoms with Gasteiger partial charge in [0.15, 0.2) is 0 Å². The third kappa shape index (κ3) is 2.27. The van der Waals surface area contributed by atoms with E-state index in [0.29, 0.717) is 0 Å². The van der Waals surface area contributed by atoms with Crippen LogP contribution in [0.25, 0.3) is 0 Å². The van der Waals surface area contributed by atoms with Crippen LogP contribution in [0.4, 0.5) is 0 Å². The zero-order chi connectivity index (χ0) is 13.9. The highest BCUT2D eigenvalue weighted by molar-refractivity contribution is 6.69. The summed E-state index contributed by atoms with van der Waals surface area (Å²) in [6.07, 6.45) is 1.88. The van der Waals surface area contributed by atoms with Gasteiger partial charge in [-0.05, 0) is 19.4 Å². The number of hydrogen-bond donors (Lipinski definition) is 0. The maximum Gasteiger partial charge on any atom is 0.368 e. The average Bonchev–Trinajstić information content (AvgIpc) is 2.37. The standard InChI is InChI=1S/C13H28O4Si/c1-7-9-17-13(8-2,12(3)10-16-11-12)18(6,14-4)15-5/h7-11H2,1-6H3. The van der Waals surface area contributed by atoms with Crippen LogP contribution in [0.5, 0.6) is 0 Å². The van der Waals surface area contributed by atoms with Crippen LogP contribution in [0.1, 0.15) is 33.6 Å². The van der Waals surface area contributed by atoms with Gasteiger partial charge >= 0.3 is 8.56 Å². The van der Waals surface area contributed by atoms with E-state index in [-0.39, 0.29) is 10.6 Å². The maximum atomic E-state index is 6.31. The minimum absolute atomic E-state index is 0.0100. The molecule has 1 unspecified atom stereocenters. The molecule has 0 saturated carbocycles.